The van der Waals surface area contributed by atoms with Gasteiger partial charge in [0, 0.05) is 12.2 Å². The number of nitrogens with zero attached hydrogens (tertiary/aromatic N) is 2. The maximum atomic E-state index is 13.4. The number of ether oxygens (including phenoxy) is 2. The highest BCUT2D eigenvalue weighted by Crippen LogP contribution is 2.33. The number of carbonyl (C=O) groups excluding carboxylic acids is 1. The normalized spacial score (nSPS) is 16.5. The lowest BCUT2D eigenvalue weighted by molar-refractivity contribution is 0.0917. The summed E-state index contributed by atoms with van der Waals surface area (Å²) in [4.78, 5) is 20.0. The average Bonchev–Trinajstić information content (AvgIpc) is 3.35. The van der Waals surface area contributed by atoms with Gasteiger partial charge in [0.05, 0.1) is 30.0 Å². The Morgan fingerprint density at radius 1 is 1.32 bits per heavy atom. The minimum absolute atomic E-state index is 0.0457. The summed E-state index contributed by atoms with van der Waals surface area (Å²) in [5.74, 6) is 0.585. The molecule has 2 heterocycles. The third-order valence-corrected chi connectivity index (χ3v) is 6.05. The largest absolute Gasteiger partial charge is 0.497 e. The van der Waals surface area contributed by atoms with Crippen LogP contribution < -0.4 is 9.64 Å². The molecule has 0 saturated carbocycles. The third-order valence-electron chi connectivity index (χ3n) is 5.02. The molecule has 0 bridgehead atoms. The Labute approximate surface area is 168 Å². The quantitative estimate of drug-likeness (QED) is 0.625. The summed E-state index contributed by atoms with van der Waals surface area (Å²) in [6.45, 7) is 5.41. The zero-order chi connectivity index (χ0) is 19.7. The molecule has 28 heavy (non-hydrogen) atoms. The summed E-state index contributed by atoms with van der Waals surface area (Å²) in [6, 6.07) is 11.5. The number of fused-ring (bicyclic) bond motifs is 1. The van der Waals surface area contributed by atoms with Gasteiger partial charge in [0.1, 0.15) is 5.75 Å². The van der Waals surface area contributed by atoms with Crippen LogP contribution in [0.1, 0.15) is 34.3 Å². The first-order valence-corrected chi connectivity index (χ1v) is 10.3. The molecule has 2 aromatic carbocycles. The Bertz CT molecular complexity index is 1010. The molecule has 0 N–H and O–H groups in total. The number of hydrogen-bond donors (Lipinski definition) is 0. The first-order chi connectivity index (χ1) is 13.5. The number of thiazole rings is 1. The number of benzene rings is 2. The highest BCUT2D eigenvalue weighted by Gasteiger charge is 2.27. The van der Waals surface area contributed by atoms with E-state index in [0.717, 1.165) is 35.2 Å². The predicted molar refractivity (Wildman–Crippen MR) is 113 cm³/mol. The lowest BCUT2D eigenvalue weighted by Crippen LogP contribution is -2.37. The predicted octanol–water partition coefficient (Wildman–Crippen LogP) is 4.75. The number of amides is 1. The summed E-state index contributed by atoms with van der Waals surface area (Å²) in [7, 11) is 1.60. The second-order valence-corrected chi connectivity index (χ2v) is 8.22. The number of anilines is 1. The van der Waals surface area contributed by atoms with Gasteiger partial charge >= 0.3 is 0 Å². The fourth-order valence-corrected chi connectivity index (χ4v) is 4.78. The van der Waals surface area contributed by atoms with Gasteiger partial charge in [0.25, 0.3) is 5.91 Å². The maximum absolute atomic E-state index is 13.4. The van der Waals surface area contributed by atoms with Crippen LogP contribution in [0.5, 0.6) is 5.75 Å². The standard InChI is InChI=1S/C22H24N2O3S/c1-14-10-15(2)20-19(11-14)28-22(23-20)24(13-18-8-5-9-27-18)21(25)16-6-4-7-17(12-16)26-3/h4,6-7,10-12,18H,5,8-9,13H2,1-3H3. The molecule has 1 amide bonds. The van der Waals surface area contributed by atoms with Gasteiger partial charge in [-0.05, 0) is 62.1 Å². The minimum Gasteiger partial charge on any atom is -0.497 e. The maximum Gasteiger partial charge on any atom is 0.260 e. The molecular formula is C22H24N2O3S. The molecule has 1 saturated heterocycles. The molecule has 0 spiro atoms. The topological polar surface area (TPSA) is 51.7 Å². The van der Waals surface area contributed by atoms with Crippen LogP contribution in [0.3, 0.4) is 0 Å². The van der Waals surface area contributed by atoms with Gasteiger partial charge in [0.2, 0.25) is 0 Å². The van der Waals surface area contributed by atoms with Gasteiger partial charge in [-0.1, -0.05) is 23.5 Å². The van der Waals surface area contributed by atoms with Crippen molar-refractivity contribution < 1.29 is 14.3 Å². The zero-order valence-corrected chi connectivity index (χ0v) is 17.2. The lowest BCUT2D eigenvalue weighted by Gasteiger charge is -2.23. The van der Waals surface area contributed by atoms with Gasteiger partial charge < -0.3 is 9.47 Å². The highest BCUT2D eigenvalue weighted by molar-refractivity contribution is 7.22. The molecule has 1 atom stereocenters. The van der Waals surface area contributed by atoms with Crippen molar-refractivity contribution in [1.82, 2.24) is 4.98 Å². The van der Waals surface area contributed by atoms with E-state index < -0.39 is 0 Å². The molecule has 1 aromatic heterocycles. The van der Waals surface area contributed by atoms with Crippen LogP contribution in [-0.2, 0) is 4.74 Å². The molecule has 1 fully saturated rings. The van der Waals surface area contributed by atoms with Crippen molar-refractivity contribution >= 4 is 32.6 Å². The smallest absolute Gasteiger partial charge is 0.260 e. The van der Waals surface area contributed by atoms with Gasteiger partial charge in [0.15, 0.2) is 5.13 Å². The average molecular weight is 397 g/mol. The molecule has 1 aliphatic rings. The summed E-state index contributed by atoms with van der Waals surface area (Å²) in [5, 5.41) is 0.715. The molecular weight excluding hydrogens is 372 g/mol. The molecule has 1 unspecified atom stereocenters. The van der Waals surface area contributed by atoms with Crippen molar-refractivity contribution in [2.45, 2.75) is 32.8 Å². The Hall–Kier alpha value is -2.44. The summed E-state index contributed by atoms with van der Waals surface area (Å²) in [6.07, 6.45) is 2.04. The zero-order valence-electron chi connectivity index (χ0n) is 16.4. The molecule has 6 heteroatoms. The molecule has 5 nitrogen and oxygen atoms in total. The van der Waals surface area contributed by atoms with Crippen LogP contribution in [0, 0.1) is 13.8 Å². The number of carbonyl (C=O) groups is 1. The van der Waals surface area contributed by atoms with Crippen molar-refractivity contribution in [1.29, 1.82) is 0 Å². The van der Waals surface area contributed by atoms with E-state index in [4.69, 9.17) is 14.5 Å². The fraction of sp³-hybridized carbons (Fsp3) is 0.364. The second kappa shape index (κ2) is 7.89. The second-order valence-electron chi connectivity index (χ2n) is 7.21. The van der Waals surface area contributed by atoms with E-state index in [1.165, 1.54) is 5.56 Å². The van der Waals surface area contributed by atoms with Crippen molar-refractivity contribution in [2.75, 3.05) is 25.2 Å². The first-order valence-electron chi connectivity index (χ1n) is 9.50. The number of rotatable bonds is 5. The number of aromatic nitrogens is 1. The Morgan fingerprint density at radius 2 is 2.18 bits per heavy atom. The van der Waals surface area contributed by atoms with Crippen molar-refractivity contribution in [3.05, 3.63) is 53.1 Å². The van der Waals surface area contributed by atoms with Crippen molar-refractivity contribution in [3.8, 4) is 5.75 Å². The Balaban J connectivity index is 1.74. The van der Waals surface area contributed by atoms with Crippen LogP contribution in [0.25, 0.3) is 10.2 Å². The minimum atomic E-state index is -0.0807. The Kier molecular flexibility index (Phi) is 5.33. The van der Waals surface area contributed by atoms with E-state index in [1.54, 1.807) is 29.4 Å². The van der Waals surface area contributed by atoms with E-state index in [2.05, 4.69) is 26.0 Å². The molecule has 3 aromatic rings. The first kappa shape index (κ1) is 18.9. The van der Waals surface area contributed by atoms with E-state index in [1.807, 2.05) is 18.2 Å². The van der Waals surface area contributed by atoms with E-state index in [0.29, 0.717) is 23.0 Å². The number of hydrogen-bond acceptors (Lipinski definition) is 5. The fourth-order valence-electron chi connectivity index (χ4n) is 3.63. The van der Waals surface area contributed by atoms with Crippen LogP contribution in [0.2, 0.25) is 0 Å². The van der Waals surface area contributed by atoms with Crippen LogP contribution in [0.4, 0.5) is 5.13 Å². The van der Waals surface area contributed by atoms with E-state index in [9.17, 15) is 4.79 Å². The number of aryl methyl sites for hydroxylation is 2. The van der Waals surface area contributed by atoms with Gasteiger partial charge in [-0.3, -0.25) is 9.69 Å². The summed E-state index contributed by atoms with van der Waals surface area (Å²) in [5.41, 5.74) is 3.87. The van der Waals surface area contributed by atoms with Gasteiger partial charge in [-0.15, -0.1) is 0 Å². The summed E-state index contributed by atoms with van der Waals surface area (Å²) < 4.78 is 12.2. The van der Waals surface area contributed by atoms with Gasteiger partial charge in [-0.25, -0.2) is 4.98 Å². The third kappa shape index (κ3) is 3.75. The van der Waals surface area contributed by atoms with Crippen LogP contribution >= 0.6 is 11.3 Å². The van der Waals surface area contributed by atoms with Crippen LogP contribution in [-0.4, -0.2) is 37.3 Å². The van der Waals surface area contributed by atoms with E-state index >= 15 is 0 Å². The van der Waals surface area contributed by atoms with E-state index in [-0.39, 0.29) is 12.0 Å². The van der Waals surface area contributed by atoms with Crippen LogP contribution in [0.15, 0.2) is 36.4 Å². The molecule has 0 aliphatic carbocycles. The molecule has 1 aliphatic heterocycles. The monoisotopic (exact) mass is 396 g/mol. The highest BCUT2D eigenvalue weighted by atomic mass is 32.1. The number of methoxy groups -OCH3 is 1. The Morgan fingerprint density at radius 3 is 2.93 bits per heavy atom. The van der Waals surface area contributed by atoms with Gasteiger partial charge in [-0.2, -0.15) is 0 Å². The molecule has 0 radical (unpaired) electrons. The van der Waals surface area contributed by atoms with Crippen molar-refractivity contribution in [2.24, 2.45) is 0 Å². The summed E-state index contributed by atoms with van der Waals surface area (Å²) >= 11 is 1.56. The molecule has 146 valence electrons. The molecule has 4 rings (SSSR count). The van der Waals surface area contributed by atoms with Crippen molar-refractivity contribution in [3.63, 3.8) is 0 Å². The lowest BCUT2D eigenvalue weighted by atomic mass is 10.1. The SMILES string of the molecule is COc1cccc(C(=O)N(CC2CCCO2)c2nc3c(C)cc(C)cc3s2)c1.